The van der Waals surface area contributed by atoms with E-state index in [1.54, 1.807) is 16.7 Å². The minimum absolute atomic E-state index is 0.155. The number of amides is 1. The fourth-order valence-corrected chi connectivity index (χ4v) is 4.64. The quantitative estimate of drug-likeness (QED) is 0.273. The van der Waals surface area contributed by atoms with Gasteiger partial charge in [-0.1, -0.05) is 68.8 Å². The number of ether oxygens (including phenoxy) is 2. The zero-order valence-electron chi connectivity index (χ0n) is 19.9. The van der Waals surface area contributed by atoms with Gasteiger partial charge in [-0.05, 0) is 31.0 Å². The lowest BCUT2D eigenvalue weighted by atomic mass is 10.1. The van der Waals surface area contributed by atoms with E-state index < -0.39 is 6.23 Å². The summed E-state index contributed by atoms with van der Waals surface area (Å²) < 4.78 is 12.5. The predicted molar refractivity (Wildman–Crippen MR) is 134 cm³/mol. The van der Waals surface area contributed by atoms with Gasteiger partial charge < -0.3 is 9.47 Å². The van der Waals surface area contributed by atoms with Gasteiger partial charge in [0.15, 0.2) is 5.69 Å². The van der Waals surface area contributed by atoms with E-state index in [0.29, 0.717) is 34.8 Å². The van der Waals surface area contributed by atoms with Crippen LogP contribution in [0.3, 0.4) is 0 Å². The zero-order valence-corrected chi connectivity index (χ0v) is 20.7. The highest BCUT2D eigenvalue weighted by Crippen LogP contribution is 2.44. The Morgan fingerprint density at radius 1 is 1.06 bits per heavy atom. The van der Waals surface area contributed by atoms with Crippen LogP contribution in [0.2, 0.25) is 0 Å². The number of hydrogen-bond acceptors (Lipinski definition) is 7. The topological polar surface area (TPSA) is 77.4 Å². The number of nitrogens with zero attached hydrogens (tertiary/aromatic N) is 4. The summed E-state index contributed by atoms with van der Waals surface area (Å²) in [5.74, 6) is 1.80. The van der Waals surface area contributed by atoms with Gasteiger partial charge >= 0.3 is 0 Å². The molecule has 2 heterocycles. The number of benzene rings is 2. The molecule has 0 saturated carbocycles. The van der Waals surface area contributed by atoms with Crippen molar-refractivity contribution in [2.24, 2.45) is 0 Å². The van der Waals surface area contributed by atoms with Gasteiger partial charge in [0, 0.05) is 18.2 Å². The lowest BCUT2D eigenvalue weighted by Gasteiger charge is -2.30. The van der Waals surface area contributed by atoms with Crippen molar-refractivity contribution in [1.82, 2.24) is 15.2 Å². The van der Waals surface area contributed by atoms with Crippen LogP contribution in [-0.4, -0.2) is 33.4 Å². The van der Waals surface area contributed by atoms with Crippen molar-refractivity contribution in [3.63, 3.8) is 0 Å². The van der Waals surface area contributed by atoms with Crippen LogP contribution in [0.4, 0.5) is 5.69 Å². The van der Waals surface area contributed by atoms with Gasteiger partial charge in [-0.15, -0.1) is 10.2 Å². The summed E-state index contributed by atoms with van der Waals surface area (Å²) >= 11 is 1.57. The number of rotatable bonds is 9. The third-order valence-corrected chi connectivity index (χ3v) is 6.40. The first-order valence-corrected chi connectivity index (χ1v) is 12.8. The van der Waals surface area contributed by atoms with Crippen LogP contribution < -0.4 is 14.4 Å². The molecule has 4 rings (SSSR count). The summed E-state index contributed by atoms with van der Waals surface area (Å²) in [5, 5.41) is 9.40. The molecule has 1 atom stereocenters. The number of anilines is 1. The van der Waals surface area contributed by atoms with Crippen molar-refractivity contribution < 1.29 is 14.3 Å². The molecule has 0 saturated heterocycles. The Morgan fingerprint density at radius 2 is 1.85 bits per heavy atom. The van der Waals surface area contributed by atoms with Gasteiger partial charge in [0.25, 0.3) is 0 Å². The zero-order chi connectivity index (χ0) is 23.9. The highest BCUT2D eigenvalue weighted by Gasteiger charge is 2.36. The second-order valence-corrected chi connectivity index (χ2v) is 9.13. The van der Waals surface area contributed by atoms with Gasteiger partial charge in [0.2, 0.25) is 23.2 Å². The van der Waals surface area contributed by atoms with Crippen LogP contribution in [0.1, 0.15) is 58.2 Å². The maximum Gasteiger partial charge on any atom is 0.247 e. The molecule has 0 fully saturated rings. The van der Waals surface area contributed by atoms with Gasteiger partial charge in [-0.25, -0.2) is 0 Å². The Labute approximate surface area is 204 Å². The van der Waals surface area contributed by atoms with Crippen molar-refractivity contribution in [1.29, 1.82) is 0 Å². The predicted octanol–water partition coefficient (Wildman–Crippen LogP) is 6.05. The SMILES string of the molecule is CCCCCSc1nnc2c(n1)O[C@@H](c1ccccc1OCCC)N(C(C)=O)c1ccccc1-2. The molecule has 8 heteroatoms. The average Bonchev–Trinajstić information content (AvgIpc) is 3.00. The Bertz CT molecular complexity index is 1140. The number of carbonyl (C=O) groups is 1. The Hall–Kier alpha value is -3.13. The van der Waals surface area contributed by atoms with E-state index in [1.165, 1.54) is 13.3 Å². The first-order valence-electron chi connectivity index (χ1n) is 11.8. The largest absolute Gasteiger partial charge is 0.493 e. The summed E-state index contributed by atoms with van der Waals surface area (Å²) in [6, 6.07) is 15.3. The van der Waals surface area contributed by atoms with E-state index >= 15 is 0 Å². The van der Waals surface area contributed by atoms with Crippen LogP contribution in [0.15, 0.2) is 53.7 Å². The standard InChI is InChI=1S/C26H30N4O3S/c1-4-6-11-17-34-26-27-24-23(28-29-26)19-12-7-9-14-21(19)30(18(3)31)25(33-24)20-13-8-10-15-22(20)32-16-5-2/h7-10,12-15,25H,4-6,11,16-17H2,1-3H3/t25-/m0/s1. The van der Waals surface area contributed by atoms with Gasteiger partial charge in [0.1, 0.15) is 5.75 Å². The fraction of sp³-hybridized carbons (Fsp3) is 0.385. The molecule has 0 unspecified atom stereocenters. The van der Waals surface area contributed by atoms with E-state index in [9.17, 15) is 4.79 Å². The van der Waals surface area contributed by atoms with E-state index in [0.717, 1.165) is 36.1 Å². The Kier molecular flexibility index (Phi) is 8.00. The van der Waals surface area contributed by atoms with E-state index in [2.05, 4.69) is 24.0 Å². The molecule has 1 aliphatic heterocycles. The molecule has 1 amide bonds. The number of aromatic nitrogens is 3. The molecule has 3 aromatic rings. The van der Waals surface area contributed by atoms with E-state index in [4.69, 9.17) is 14.5 Å². The minimum Gasteiger partial charge on any atom is -0.493 e. The molecule has 0 spiro atoms. The monoisotopic (exact) mass is 478 g/mol. The second kappa shape index (κ2) is 11.3. The fourth-order valence-electron chi connectivity index (χ4n) is 3.86. The molecule has 7 nitrogen and oxygen atoms in total. The van der Waals surface area contributed by atoms with Crippen molar-refractivity contribution in [3.05, 3.63) is 54.1 Å². The molecular weight excluding hydrogens is 448 g/mol. The van der Waals surface area contributed by atoms with Crippen molar-refractivity contribution >= 4 is 23.4 Å². The van der Waals surface area contributed by atoms with Crippen molar-refractivity contribution in [2.45, 2.75) is 57.8 Å². The van der Waals surface area contributed by atoms with Crippen LogP contribution in [0.25, 0.3) is 11.3 Å². The smallest absolute Gasteiger partial charge is 0.247 e. The molecule has 0 radical (unpaired) electrons. The summed E-state index contributed by atoms with van der Waals surface area (Å²) in [5.41, 5.74) is 2.73. The van der Waals surface area contributed by atoms with Gasteiger partial charge in [-0.3, -0.25) is 9.69 Å². The van der Waals surface area contributed by atoms with Crippen LogP contribution in [-0.2, 0) is 4.79 Å². The summed E-state index contributed by atoms with van der Waals surface area (Å²) in [6.07, 6.45) is 3.53. The minimum atomic E-state index is -0.761. The first-order chi connectivity index (χ1) is 16.6. The van der Waals surface area contributed by atoms with E-state index in [-0.39, 0.29) is 5.91 Å². The number of para-hydroxylation sites is 2. The Balaban J connectivity index is 1.81. The molecule has 2 aromatic carbocycles. The molecule has 1 aromatic heterocycles. The number of thioether (sulfide) groups is 1. The first kappa shape index (κ1) is 24.0. The number of fused-ring (bicyclic) bond motifs is 3. The summed E-state index contributed by atoms with van der Waals surface area (Å²) in [7, 11) is 0. The van der Waals surface area contributed by atoms with Crippen LogP contribution in [0.5, 0.6) is 11.6 Å². The molecular formula is C26H30N4O3S. The van der Waals surface area contributed by atoms with E-state index in [1.807, 2.05) is 48.5 Å². The summed E-state index contributed by atoms with van der Waals surface area (Å²) in [6.45, 7) is 6.34. The molecule has 1 aliphatic rings. The maximum atomic E-state index is 13.0. The molecule has 0 aliphatic carbocycles. The average molecular weight is 479 g/mol. The Morgan fingerprint density at radius 3 is 2.65 bits per heavy atom. The molecule has 0 N–H and O–H groups in total. The third kappa shape index (κ3) is 5.17. The van der Waals surface area contributed by atoms with Gasteiger partial charge in [-0.2, -0.15) is 4.98 Å². The second-order valence-electron chi connectivity index (χ2n) is 8.07. The summed E-state index contributed by atoms with van der Waals surface area (Å²) in [4.78, 5) is 19.3. The third-order valence-electron chi connectivity index (χ3n) is 5.48. The number of unbranched alkanes of at least 4 members (excludes halogenated alkanes) is 2. The maximum absolute atomic E-state index is 13.0. The van der Waals surface area contributed by atoms with Crippen molar-refractivity contribution in [2.75, 3.05) is 17.3 Å². The van der Waals surface area contributed by atoms with Crippen LogP contribution in [0, 0.1) is 0 Å². The lowest BCUT2D eigenvalue weighted by molar-refractivity contribution is -0.118. The van der Waals surface area contributed by atoms with Crippen molar-refractivity contribution in [3.8, 4) is 22.9 Å². The molecule has 34 heavy (non-hydrogen) atoms. The normalized spacial score (nSPS) is 14.6. The lowest BCUT2D eigenvalue weighted by Crippen LogP contribution is -2.36. The molecule has 178 valence electrons. The highest BCUT2D eigenvalue weighted by atomic mass is 32.2. The number of carbonyl (C=O) groups excluding carboxylic acids is 1. The number of hydrogen-bond donors (Lipinski definition) is 0. The highest BCUT2D eigenvalue weighted by molar-refractivity contribution is 7.99. The molecule has 0 bridgehead atoms. The van der Waals surface area contributed by atoms with Crippen LogP contribution >= 0.6 is 11.8 Å². The van der Waals surface area contributed by atoms with Gasteiger partial charge in [0.05, 0.1) is 17.9 Å².